The molecule has 12 aromatic carbocycles. The summed E-state index contributed by atoms with van der Waals surface area (Å²) in [5, 5.41) is 12.7. The van der Waals surface area contributed by atoms with Gasteiger partial charge in [-0.05, 0) is 76.9 Å². The molecule has 0 aliphatic carbocycles. The fourth-order valence-corrected chi connectivity index (χ4v) is 22.1. The van der Waals surface area contributed by atoms with Crippen molar-refractivity contribution in [3.8, 4) is 51.0 Å². The Balaban J connectivity index is 0.984. The standard InChI is InChI=1S/C75H54N4Si2/c1-7-26-55(27-8-1)56-46-50-64(51-47-56)80(59-29-9-2-10-30-59,60-31-11-3-12-32-60)65-52-48-57(49-53-65)73-76-74(78-75(77-73)69-42-21-24-45-72(69)79-70-43-22-19-40-67(70)68-41-20-23-44-71(68)79)58-28-25-39-66(54-58)81(61-33-13-4-14-34-61,62-35-15-5-16-36-62)63-37-17-6-18-38-63/h1-54H. The van der Waals surface area contributed by atoms with Crippen LogP contribution in [0.15, 0.2) is 328 Å². The van der Waals surface area contributed by atoms with Gasteiger partial charge in [-0.1, -0.05) is 303 Å². The summed E-state index contributed by atoms with van der Waals surface area (Å²) in [6.07, 6.45) is 0. The van der Waals surface area contributed by atoms with Gasteiger partial charge in [0.05, 0.1) is 16.7 Å². The van der Waals surface area contributed by atoms with Crippen LogP contribution in [0.3, 0.4) is 0 Å². The van der Waals surface area contributed by atoms with Crippen molar-refractivity contribution in [1.82, 2.24) is 19.5 Å². The monoisotopic (exact) mass is 1070 g/mol. The third-order valence-electron chi connectivity index (χ3n) is 16.2. The fourth-order valence-electron chi connectivity index (χ4n) is 12.5. The lowest BCUT2D eigenvalue weighted by Crippen LogP contribution is -2.74. The first-order valence-electron chi connectivity index (χ1n) is 27.7. The molecule has 0 N–H and O–H groups in total. The number of para-hydroxylation sites is 3. The molecule has 0 bridgehead atoms. The van der Waals surface area contributed by atoms with Crippen molar-refractivity contribution in [2.75, 3.05) is 0 Å². The van der Waals surface area contributed by atoms with Crippen molar-refractivity contribution >= 4 is 79.4 Å². The quantitative estimate of drug-likeness (QED) is 0.0854. The summed E-state index contributed by atoms with van der Waals surface area (Å²) in [7, 11) is -5.84. The Kier molecular flexibility index (Phi) is 12.9. The molecule has 81 heavy (non-hydrogen) atoms. The zero-order chi connectivity index (χ0) is 54.0. The van der Waals surface area contributed by atoms with Crippen LogP contribution in [0.4, 0.5) is 0 Å². The molecule has 0 aliphatic rings. The van der Waals surface area contributed by atoms with Crippen LogP contribution in [0.5, 0.6) is 0 Å². The molecule has 0 radical (unpaired) electrons. The lowest BCUT2D eigenvalue weighted by atomic mass is 10.1. The van der Waals surface area contributed by atoms with Crippen LogP contribution >= 0.6 is 0 Å². The second-order valence-corrected chi connectivity index (χ2v) is 28.2. The molecule has 14 rings (SSSR count). The van der Waals surface area contributed by atoms with E-state index in [2.05, 4.69) is 332 Å². The Morgan fingerprint density at radius 3 is 1.02 bits per heavy atom. The van der Waals surface area contributed by atoms with Crippen molar-refractivity contribution in [1.29, 1.82) is 0 Å². The van der Waals surface area contributed by atoms with E-state index < -0.39 is 16.1 Å². The molecule has 14 aromatic rings. The molecule has 4 nitrogen and oxygen atoms in total. The molecule has 0 atom stereocenters. The molecule has 0 aliphatic heterocycles. The van der Waals surface area contributed by atoms with Gasteiger partial charge in [0.1, 0.15) is 0 Å². The van der Waals surface area contributed by atoms with Gasteiger partial charge in [0.15, 0.2) is 33.6 Å². The fraction of sp³-hybridized carbons (Fsp3) is 0. The van der Waals surface area contributed by atoms with Gasteiger partial charge < -0.3 is 4.57 Å². The average Bonchev–Trinajstić information content (AvgIpc) is 3.98. The Morgan fingerprint density at radius 1 is 0.222 bits per heavy atom. The smallest absolute Gasteiger partial charge is 0.179 e. The van der Waals surface area contributed by atoms with E-state index in [4.69, 9.17) is 15.0 Å². The minimum absolute atomic E-state index is 0.593. The topological polar surface area (TPSA) is 43.6 Å². The van der Waals surface area contributed by atoms with Crippen molar-refractivity contribution in [2.45, 2.75) is 0 Å². The predicted molar refractivity (Wildman–Crippen MR) is 343 cm³/mol. The number of hydrogen-bond donors (Lipinski definition) is 0. The summed E-state index contributed by atoms with van der Waals surface area (Å²) in [5.74, 6) is 1.79. The highest BCUT2D eigenvalue weighted by Gasteiger charge is 2.43. The second kappa shape index (κ2) is 21.3. The summed E-state index contributed by atoms with van der Waals surface area (Å²) in [4.78, 5) is 16.6. The number of hydrogen-bond acceptors (Lipinski definition) is 3. The minimum Gasteiger partial charge on any atom is -0.309 e. The van der Waals surface area contributed by atoms with Gasteiger partial charge in [0.25, 0.3) is 0 Å². The van der Waals surface area contributed by atoms with E-state index >= 15 is 0 Å². The van der Waals surface area contributed by atoms with E-state index in [0.717, 1.165) is 33.4 Å². The van der Waals surface area contributed by atoms with Crippen molar-refractivity contribution < 1.29 is 0 Å². The van der Waals surface area contributed by atoms with Crippen LogP contribution in [-0.4, -0.2) is 35.7 Å². The maximum absolute atomic E-state index is 5.56. The summed E-state index contributed by atoms with van der Waals surface area (Å²) in [6, 6.07) is 119. The molecule has 2 aromatic heterocycles. The van der Waals surface area contributed by atoms with Gasteiger partial charge in [-0.15, -0.1) is 0 Å². The van der Waals surface area contributed by atoms with Gasteiger partial charge in [-0.25, -0.2) is 15.0 Å². The highest BCUT2D eigenvalue weighted by atomic mass is 28.3. The van der Waals surface area contributed by atoms with E-state index in [9.17, 15) is 0 Å². The predicted octanol–water partition coefficient (Wildman–Crippen LogP) is 12.4. The molecular weight excluding hydrogens is 1010 g/mol. The lowest BCUT2D eigenvalue weighted by molar-refractivity contribution is 1.06. The molecule has 382 valence electrons. The first-order valence-corrected chi connectivity index (χ1v) is 31.7. The number of benzene rings is 12. The average molecular weight is 1070 g/mol. The molecule has 0 amide bonds. The Morgan fingerprint density at radius 2 is 0.543 bits per heavy atom. The van der Waals surface area contributed by atoms with Gasteiger partial charge in [0.2, 0.25) is 0 Å². The highest BCUT2D eigenvalue weighted by Crippen LogP contribution is 2.36. The second-order valence-electron chi connectivity index (χ2n) is 20.6. The van der Waals surface area contributed by atoms with Crippen LogP contribution in [0.25, 0.3) is 72.8 Å². The lowest BCUT2D eigenvalue weighted by Gasteiger charge is -2.34. The van der Waals surface area contributed by atoms with Gasteiger partial charge >= 0.3 is 0 Å². The van der Waals surface area contributed by atoms with Crippen molar-refractivity contribution in [3.63, 3.8) is 0 Å². The number of fused-ring (bicyclic) bond motifs is 3. The van der Waals surface area contributed by atoms with Crippen LogP contribution in [0.2, 0.25) is 0 Å². The first-order chi connectivity index (χ1) is 40.2. The van der Waals surface area contributed by atoms with E-state index in [0.29, 0.717) is 17.5 Å². The third-order valence-corrected chi connectivity index (χ3v) is 25.8. The number of aromatic nitrogens is 4. The van der Waals surface area contributed by atoms with Gasteiger partial charge in [0, 0.05) is 27.5 Å². The molecular formula is C75H54N4Si2. The van der Waals surface area contributed by atoms with Crippen LogP contribution in [-0.2, 0) is 0 Å². The first kappa shape index (κ1) is 49.2. The summed E-state index contributed by atoms with van der Waals surface area (Å²) >= 11 is 0. The molecule has 6 heteroatoms. The molecule has 0 fully saturated rings. The highest BCUT2D eigenvalue weighted by molar-refractivity contribution is 7.20. The van der Waals surface area contributed by atoms with Crippen LogP contribution in [0, 0.1) is 0 Å². The SMILES string of the molecule is c1ccc(-c2ccc([Si](c3ccccc3)(c3ccccc3)c3ccc(-c4nc(-c5cccc([Si](c6ccccc6)(c6ccccc6)c6ccccc6)c5)nc(-c5ccccc5-n5c6ccccc6c6ccccc65)n4)cc3)cc2)cc1. The summed E-state index contributed by atoms with van der Waals surface area (Å²) in [5.41, 5.74) is 8.34. The normalized spacial score (nSPS) is 11.7. The Hall–Kier alpha value is -10.1. The van der Waals surface area contributed by atoms with E-state index in [1.54, 1.807) is 0 Å². The maximum atomic E-state index is 5.56. The third kappa shape index (κ3) is 8.66. The van der Waals surface area contributed by atoms with Crippen LogP contribution < -0.4 is 41.5 Å². The zero-order valence-corrected chi connectivity index (χ0v) is 46.5. The van der Waals surface area contributed by atoms with Gasteiger partial charge in [-0.2, -0.15) is 0 Å². The Bertz CT molecular complexity index is 4290. The molecule has 2 heterocycles. The summed E-state index contributed by atoms with van der Waals surface area (Å²) in [6.45, 7) is 0. The van der Waals surface area contributed by atoms with Gasteiger partial charge in [-0.3, -0.25) is 0 Å². The number of nitrogens with zero attached hydrogens (tertiary/aromatic N) is 4. The summed E-state index contributed by atoms with van der Waals surface area (Å²) < 4.78 is 2.36. The van der Waals surface area contributed by atoms with E-state index in [1.807, 2.05) is 0 Å². The molecule has 0 saturated carbocycles. The van der Waals surface area contributed by atoms with Crippen molar-refractivity contribution in [2.24, 2.45) is 0 Å². The molecule has 0 saturated heterocycles. The zero-order valence-electron chi connectivity index (χ0n) is 44.5. The minimum atomic E-state index is -2.92. The molecule has 0 spiro atoms. The van der Waals surface area contributed by atoms with Crippen molar-refractivity contribution in [3.05, 3.63) is 328 Å². The Labute approximate surface area is 474 Å². The molecule has 0 unspecified atom stereocenters. The maximum Gasteiger partial charge on any atom is 0.179 e. The van der Waals surface area contributed by atoms with E-state index in [-0.39, 0.29) is 0 Å². The van der Waals surface area contributed by atoms with E-state index in [1.165, 1.54) is 63.4 Å². The van der Waals surface area contributed by atoms with Crippen LogP contribution in [0.1, 0.15) is 0 Å². The largest absolute Gasteiger partial charge is 0.309 e. The number of rotatable bonds is 13.